The zero-order valence-corrected chi connectivity index (χ0v) is 10.4. The van der Waals surface area contributed by atoms with E-state index < -0.39 is 0 Å². The number of nitrogens with one attached hydrogen (secondary N) is 2. The van der Waals surface area contributed by atoms with Gasteiger partial charge in [0.2, 0.25) is 5.13 Å². The lowest BCUT2D eigenvalue weighted by molar-refractivity contribution is 0.102. The number of nitrogens with zero attached hydrogens (tertiary/aromatic N) is 3. The Bertz CT molecular complexity index is 491. The Kier molecular flexibility index (Phi) is 3.48. The number of aromatic nitrogens is 4. The first kappa shape index (κ1) is 11.7. The van der Waals surface area contributed by atoms with Gasteiger partial charge >= 0.3 is 0 Å². The van der Waals surface area contributed by atoms with E-state index in [2.05, 4.69) is 39.3 Å². The van der Waals surface area contributed by atoms with Crippen molar-refractivity contribution in [2.75, 3.05) is 5.32 Å². The van der Waals surface area contributed by atoms with Crippen LogP contribution in [0.15, 0.2) is 12.5 Å². The van der Waals surface area contributed by atoms with Gasteiger partial charge in [0.15, 0.2) is 0 Å². The maximum atomic E-state index is 11.7. The third kappa shape index (κ3) is 3.10. The summed E-state index contributed by atoms with van der Waals surface area (Å²) >= 11 is 1.40. The smallest absolute Gasteiger partial charge is 0.275 e. The molecule has 0 radical (unpaired) electrons. The van der Waals surface area contributed by atoms with Crippen LogP contribution in [-0.4, -0.2) is 26.1 Å². The lowest BCUT2D eigenvalue weighted by atomic mass is 10.1. The van der Waals surface area contributed by atoms with Gasteiger partial charge in [-0.25, -0.2) is 4.98 Å². The topological polar surface area (TPSA) is 83.6 Å². The Morgan fingerprint density at radius 3 is 3.00 bits per heavy atom. The molecular formula is C10H13N5OS. The van der Waals surface area contributed by atoms with E-state index in [9.17, 15) is 4.79 Å². The van der Waals surface area contributed by atoms with Gasteiger partial charge in [-0.15, -0.1) is 10.2 Å². The van der Waals surface area contributed by atoms with E-state index >= 15 is 0 Å². The van der Waals surface area contributed by atoms with E-state index in [1.807, 2.05) is 0 Å². The van der Waals surface area contributed by atoms with Crippen molar-refractivity contribution < 1.29 is 4.79 Å². The maximum Gasteiger partial charge on any atom is 0.275 e. The van der Waals surface area contributed by atoms with Crippen LogP contribution in [0.2, 0.25) is 0 Å². The third-order valence-electron chi connectivity index (χ3n) is 2.01. The van der Waals surface area contributed by atoms with Gasteiger partial charge in [0.25, 0.3) is 5.91 Å². The van der Waals surface area contributed by atoms with E-state index in [1.54, 1.807) is 0 Å². The van der Waals surface area contributed by atoms with Gasteiger partial charge in [0.05, 0.1) is 12.5 Å². The highest BCUT2D eigenvalue weighted by Crippen LogP contribution is 2.18. The van der Waals surface area contributed by atoms with E-state index in [0.29, 0.717) is 16.7 Å². The van der Waals surface area contributed by atoms with E-state index in [1.165, 1.54) is 23.9 Å². The van der Waals surface area contributed by atoms with Crippen molar-refractivity contribution in [1.29, 1.82) is 0 Å². The summed E-state index contributed by atoms with van der Waals surface area (Å²) in [5.41, 5.74) is 0.408. The number of imidazole rings is 1. The van der Waals surface area contributed by atoms with E-state index in [0.717, 1.165) is 11.4 Å². The van der Waals surface area contributed by atoms with Crippen molar-refractivity contribution in [2.45, 2.75) is 20.3 Å². The molecule has 2 aromatic rings. The van der Waals surface area contributed by atoms with Gasteiger partial charge in [0.1, 0.15) is 10.7 Å². The molecule has 2 rings (SSSR count). The van der Waals surface area contributed by atoms with Gasteiger partial charge in [0, 0.05) is 6.42 Å². The standard InChI is InChI=1S/C10H13N5OS/c1-6(2)3-8-14-15-10(17-8)13-9(16)7-4-11-5-12-7/h4-6H,3H2,1-2H3,(H,11,12)(H,13,15,16). The summed E-state index contributed by atoms with van der Waals surface area (Å²) in [6, 6.07) is 0. The minimum Gasteiger partial charge on any atom is -0.341 e. The fourth-order valence-electron chi connectivity index (χ4n) is 1.28. The minimum absolute atomic E-state index is 0.255. The number of carbonyl (C=O) groups excluding carboxylic acids is 1. The van der Waals surface area contributed by atoms with Crippen molar-refractivity contribution in [3.8, 4) is 0 Å². The molecule has 0 spiro atoms. The molecule has 0 saturated heterocycles. The Hall–Kier alpha value is -1.76. The average molecular weight is 251 g/mol. The SMILES string of the molecule is CC(C)Cc1nnc(NC(=O)c2cnc[nH]2)s1. The highest BCUT2D eigenvalue weighted by molar-refractivity contribution is 7.15. The summed E-state index contributed by atoms with van der Waals surface area (Å²) in [5, 5.41) is 12.1. The molecule has 2 heterocycles. The maximum absolute atomic E-state index is 11.7. The number of aromatic amines is 1. The Morgan fingerprint density at radius 2 is 2.35 bits per heavy atom. The van der Waals surface area contributed by atoms with Crippen LogP contribution in [0.25, 0.3) is 0 Å². The van der Waals surface area contributed by atoms with Crippen molar-refractivity contribution in [1.82, 2.24) is 20.2 Å². The molecule has 1 amide bonds. The molecule has 0 bridgehead atoms. The van der Waals surface area contributed by atoms with Crippen LogP contribution in [-0.2, 0) is 6.42 Å². The molecule has 0 aliphatic rings. The van der Waals surface area contributed by atoms with Crippen molar-refractivity contribution >= 4 is 22.4 Å². The highest BCUT2D eigenvalue weighted by Gasteiger charge is 2.11. The van der Waals surface area contributed by atoms with Gasteiger partial charge in [-0.2, -0.15) is 0 Å². The number of anilines is 1. The zero-order valence-electron chi connectivity index (χ0n) is 9.60. The van der Waals surface area contributed by atoms with Crippen LogP contribution in [0.3, 0.4) is 0 Å². The molecule has 0 unspecified atom stereocenters. The summed E-state index contributed by atoms with van der Waals surface area (Å²) < 4.78 is 0. The zero-order chi connectivity index (χ0) is 12.3. The van der Waals surface area contributed by atoms with Crippen LogP contribution in [0.4, 0.5) is 5.13 Å². The molecule has 0 saturated carbocycles. The summed E-state index contributed by atoms with van der Waals surface area (Å²) in [6.07, 6.45) is 3.79. The summed E-state index contributed by atoms with van der Waals surface area (Å²) in [6.45, 7) is 4.23. The summed E-state index contributed by atoms with van der Waals surface area (Å²) in [7, 11) is 0. The molecular weight excluding hydrogens is 238 g/mol. The minimum atomic E-state index is -0.255. The number of amides is 1. The Labute approximate surface area is 103 Å². The molecule has 2 aromatic heterocycles. The van der Waals surface area contributed by atoms with Crippen LogP contribution in [0.5, 0.6) is 0 Å². The Morgan fingerprint density at radius 1 is 1.53 bits per heavy atom. The lowest BCUT2D eigenvalue weighted by Gasteiger charge is -1.98. The van der Waals surface area contributed by atoms with E-state index in [-0.39, 0.29) is 5.91 Å². The first-order valence-corrected chi connectivity index (χ1v) is 6.09. The van der Waals surface area contributed by atoms with Crippen molar-refractivity contribution in [2.24, 2.45) is 5.92 Å². The fraction of sp³-hybridized carbons (Fsp3) is 0.400. The molecule has 17 heavy (non-hydrogen) atoms. The van der Waals surface area contributed by atoms with Gasteiger partial charge in [-0.3, -0.25) is 10.1 Å². The molecule has 0 fully saturated rings. The van der Waals surface area contributed by atoms with Crippen LogP contribution >= 0.6 is 11.3 Å². The predicted octanol–water partition coefficient (Wildman–Crippen LogP) is 1.71. The van der Waals surface area contributed by atoms with Crippen molar-refractivity contribution in [3.63, 3.8) is 0 Å². The molecule has 6 nitrogen and oxygen atoms in total. The lowest BCUT2D eigenvalue weighted by Crippen LogP contribution is -2.11. The number of hydrogen-bond acceptors (Lipinski definition) is 5. The van der Waals surface area contributed by atoms with Crippen LogP contribution < -0.4 is 5.32 Å². The van der Waals surface area contributed by atoms with Crippen molar-refractivity contribution in [3.05, 3.63) is 23.2 Å². The molecule has 0 aliphatic carbocycles. The quantitative estimate of drug-likeness (QED) is 0.866. The molecule has 90 valence electrons. The fourth-order valence-corrected chi connectivity index (χ4v) is 2.23. The largest absolute Gasteiger partial charge is 0.341 e. The first-order valence-electron chi connectivity index (χ1n) is 5.27. The Balaban J connectivity index is 1.99. The second-order valence-corrected chi connectivity index (χ2v) is 5.08. The molecule has 0 atom stereocenters. The van der Waals surface area contributed by atoms with Crippen LogP contribution in [0.1, 0.15) is 29.3 Å². The first-order chi connectivity index (χ1) is 8.15. The molecule has 0 aromatic carbocycles. The third-order valence-corrected chi connectivity index (χ3v) is 2.87. The monoisotopic (exact) mass is 251 g/mol. The number of H-pyrrole nitrogens is 1. The molecule has 7 heteroatoms. The van der Waals surface area contributed by atoms with Gasteiger partial charge in [-0.1, -0.05) is 25.2 Å². The van der Waals surface area contributed by atoms with E-state index in [4.69, 9.17) is 0 Å². The second-order valence-electron chi connectivity index (χ2n) is 4.02. The highest BCUT2D eigenvalue weighted by atomic mass is 32.1. The summed E-state index contributed by atoms with van der Waals surface area (Å²) in [5.74, 6) is 0.272. The number of hydrogen-bond donors (Lipinski definition) is 2. The normalized spacial score (nSPS) is 10.8. The molecule has 2 N–H and O–H groups in total. The second kappa shape index (κ2) is 5.05. The number of carbonyl (C=O) groups is 1. The average Bonchev–Trinajstić information content (AvgIpc) is 2.87. The molecule has 0 aliphatic heterocycles. The van der Waals surface area contributed by atoms with Crippen LogP contribution in [0, 0.1) is 5.92 Å². The van der Waals surface area contributed by atoms with Gasteiger partial charge < -0.3 is 4.98 Å². The predicted molar refractivity (Wildman–Crippen MR) is 65.0 cm³/mol. The number of rotatable bonds is 4. The van der Waals surface area contributed by atoms with Gasteiger partial charge in [-0.05, 0) is 5.92 Å². The summed E-state index contributed by atoms with van der Waals surface area (Å²) in [4.78, 5) is 18.2.